The number of ketones is 1. The number of hydrogen-bond donors (Lipinski definition) is 0. The van der Waals surface area contributed by atoms with Crippen molar-refractivity contribution in [3.05, 3.63) is 54.1 Å². The number of methoxy groups -OCH3 is 1. The second-order valence-electron chi connectivity index (χ2n) is 6.01. The minimum absolute atomic E-state index is 0.175. The Labute approximate surface area is 157 Å². The van der Waals surface area contributed by atoms with E-state index in [0.717, 1.165) is 28.0 Å². The number of thioether (sulfide) groups is 1. The van der Waals surface area contributed by atoms with Crippen molar-refractivity contribution in [3.63, 3.8) is 0 Å². The van der Waals surface area contributed by atoms with E-state index in [1.54, 1.807) is 25.8 Å². The van der Waals surface area contributed by atoms with E-state index < -0.39 is 0 Å². The average molecular weight is 367 g/mol. The molecule has 0 amide bonds. The van der Waals surface area contributed by atoms with Crippen LogP contribution in [0.4, 0.5) is 0 Å². The van der Waals surface area contributed by atoms with Gasteiger partial charge in [0.1, 0.15) is 11.5 Å². The van der Waals surface area contributed by atoms with E-state index in [4.69, 9.17) is 4.74 Å². The molecule has 5 nitrogen and oxygen atoms in total. The lowest BCUT2D eigenvalue weighted by Crippen LogP contribution is -2.01. The molecule has 0 fully saturated rings. The average Bonchev–Trinajstić information content (AvgIpc) is 3.06. The van der Waals surface area contributed by atoms with Crippen molar-refractivity contribution in [2.24, 2.45) is 0 Å². The van der Waals surface area contributed by atoms with Crippen molar-refractivity contribution >= 4 is 17.5 Å². The lowest BCUT2D eigenvalue weighted by Gasteiger charge is -2.11. The van der Waals surface area contributed by atoms with Crippen molar-refractivity contribution in [3.8, 4) is 22.8 Å². The van der Waals surface area contributed by atoms with E-state index in [1.807, 2.05) is 28.8 Å². The van der Waals surface area contributed by atoms with Gasteiger partial charge in [-0.15, -0.1) is 10.2 Å². The second-order valence-corrected chi connectivity index (χ2v) is 7.07. The van der Waals surface area contributed by atoms with Gasteiger partial charge in [-0.3, -0.25) is 9.36 Å². The van der Waals surface area contributed by atoms with Crippen molar-refractivity contribution in [1.29, 1.82) is 0 Å². The first-order valence-electron chi connectivity index (χ1n) is 8.37. The highest BCUT2D eigenvalue weighted by molar-refractivity contribution is 7.99. The first-order valence-corrected chi connectivity index (χ1v) is 9.36. The summed E-state index contributed by atoms with van der Waals surface area (Å²) in [7, 11) is 1.65. The molecule has 0 aliphatic heterocycles. The Bertz CT molecular complexity index is 886. The molecule has 0 spiro atoms. The van der Waals surface area contributed by atoms with Gasteiger partial charge < -0.3 is 4.74 Å². The zero-order valence-corrected chi connectivity index (χ0v) is 15.9. The summed E-state index contributed by atoms with van der Waals surface area (Å²) in [4.78, 5) is 11.2. The van der Waals surface area contributed by atoms with Gasteiger partial charge in [0.15, 0.2) is 11.0 Å². The molecule has 3 rings (SSSR count). The molecular weight excluding hydrogens is 346 g/mol. The largest absolute Gasteiger partial charge is 0.497 e. The molecule has 0 aliphatic rings. The topological polar surface area (TPSA) is 57.0 Å². The van der Waals surface area contributed by atoms with Crippen LogP contribution in [-0.4, -0.2) is 33.4 Å². The Morgan fingerprint density at radius 2 is 1.77 bits per heavy atom. The summed E-state index contributed by atoms with van der Waals surface area (Å²) >= 11 is 1.54. The Kier molecular flexibility index (Phi) is 5.73. The molecule has 0 saturated carbocycles. The van der Waals surface area contributed by atoms with Crippen LogP contribution in [0.5, 0.6) is 5.75 Å². The van der Waals surface area contributed by atoms with E-state index >= 15 is 0 Å². The van der Waals surface area contributed by atoms with Gasteiger partial charge in [0, 0.05) is 23.4 Å². The minimum atomic E-state index is 0.175. The lowest BCUT2D eigenvalue weighted by molar-refractivity contribution is -0.116. The van der Waals surface area contributed by atoms with Gasteiger partial charge in [-0.1, -0.05) is 29.5 Å². The maximum Gasteiger partial charge on any atom is 0.196 e. The van der Waals surface area contributed by atoms with Crippen LogP contribution < -0.4 is 4.74 Å². The van der Waals surface area contributed by atoms with Gasteiger partial charge in [0.2, 0.25) is 0 Å². The van der Waals surface area contributed by atoms with Gasteiger partial charge >= 0.3 is 0 Å². The highest BCUT2D eigenvalue weighted by Gasteiger charge is 2.16. The Hall–Kier alpha value is -2.60. The molecular formula is C20H21N3O2S. The molecule has 0 aliphatic carbocycles. The summed E-state index contributed by atoms with van der Waals surface area (Å²) in [5.74, 6) is 2.42. The Balaban J connectivity index is 2.01. The van der Waals surface area contributed by atoms with Crippen LogP contribution in [0, 0.1) is 6.92 Å². The second kappa shape index (κ2) is 8.19. The fraction of sp³-hybridized carbons (Fsp3) is 0.250. The molecule has 26 heavy (non-hydrogen) atoms. The number of aryl methyl sites for hydroxylation is 1. The molecule has 0 saturated heterocycles. The quantitative estimate of drug-likeness (QED) is 0.582. The maximum atomic E-state index is 11.2. The zero-order chi connectivity index (χ0) is 18.5. The number of carbonyl (C=O) groups excluding carboxylic acids is 1. The standard InChI is InChI=1S/C20H21N3O2S/c1-14-4-8-17(9-5-14)23-19(16-6-10-18(25-3)11-7-16)21-22-20(23)26-13-12-15(2)24/h4-11H,12-13H2,1-3H3. The number of carbonyl (C=O) groups is 1. The maximum absolute atomic E-state index is 11.2. The van der Waals surface area contributed by atoms with Gasteiger partial charge in [0.25, 0.3) is 0 Å². The molecule has 0 N–H and O–H groups in total. The van der Waals surface area contributed by atoms with E-state index in [1.165, 1.54) is 5.56 Å². The Morgan fingerprint density at radius 1 is 1.08 bits per heavy atom. The van der Waals surface area contributed by atoms with Crippen LogP contribution in [0.3, 0.4) is 0 Å². The van der Waals surface area contributed by atoms with Gasteiger partial charge in [-0.25, -0.2) is 0 Å². The molecule has 3 aromatic rings. The van der Waals surface area contributed by atoms with Gasteiger partial charge in [-0.05, 0) is 50.2 Å². The smallest absolute Gasteiger partial charge is 0.196 e. The van der Waals surface area contributed by atoms with E-state index in [0.29, 0.717) is 12.2 Å². The van der Waals surface area contributed by atoms with Crippen LogP contribution in [0.25, 0.3) is 17.1 Å². The fourth-order valence-corrected chi connectivity index (χ4v) is 3.49. The number of Topliss-reactive ketones (excluding diaryl/α,β-unsaturated/α-hetero) is 1. The number of ether oxygens (including phenoxy) is 1. The van der Waals surface area contributed by atoms with Crippen molar-refractivity contribution in [2.75, 3.05) is 12.9 Å². The Morgan fingerprint density at radius 3 is 2.38 bits per heavy atom. The predicted octanol–water partition coefficient (Wildman–Crippen LogP) is 4.32. The van der Waals surface area contributed by atoms with Crippen LogP contribution in [0.2, 0.25) is 0 Å². The normalized spacial score (nSPS) is 10.7. The summed E-state index contributed by atoms with van der Waals surface area (Å²) < 4.78 is 7.27. The zero-order valence-electron chi connectivity index (χ0n) is 15.1. The summed E-state index contributed by atoms with van der Waals surface area (Å²) in [6.07, 6.45) is 0.517. The highest BCUT2D eigenvalue weighted by atomic mass is 32.2. The van der Waals surface area contributed by atoms with Gasteiger partial charge in [-0.2, -0.15) is 0 Å². The summed E-state index contributed by atoms with van der Waals surface area (Å²) in [6, 6.07) is 16.0. The summed E-state index contributed by atoms with van der Waals surface area (Å²) in [6.45, 7) is 3.66. The molecule has 0 unspecified atom stereocenters. The lowest BCUT2D eigenvalue weighted by atomic mass is 10.2. The van der Waals surface area contributed by atoms with E-state index in [9.17, 15) is 4.79 Å². The van der Waals surface area contributed by atoms with Crippen LogP contribution in [0.15, 0.2) is 53.7 Å². The van der Waals surface area contributed by atoms with E-state index in [-0.39, 0.29) is 5.78 Å². The van der Waals surface area contributed by atoms with Crippen molar-refractivity contribution < 1.29 is 9.53 Å². The third-order valence-electron chi connectivity index (χ3n) is 3.96. The van der Waals surface area contributed by atoms with Crippen LogP contribution in [-0.2, 0) is 4.79 Å². The first kappa shape index (κ1) is 18.2. The number of hydrogen-bond acceptors (Lipinski definition) is 5. The molecule has 6 heteroatoms. The highest BCUT2D eigenvalue weighted by Crippen LogP contribution is 2.29. The number of benzene rings is 2. The molecule has 2 aromatic carbocycles. The molecule has 1 heterocycles. The van der Waals surface area contributed by atoms with Crippen LogP contribution >= 0.6 is 11.8 Å². The van der Waals surface area contributed by atoms with Crippen LogP contribution in [0.1, 0.15) is 18.9 Å². The van der Waals surface area contributed by atoms with Gasteiger partial charge in [0.05, 0.1) is 7.11 Å². The SMILES string of the molecule is COc1ccc(-c2nnc(SCCC(C)=O)n2-c2ccc(C)cc2)cc1. The molecule has 134 valence electrons. The summed E-state index contributed by atoms with van der Waals surface area (Å²) in [5.41, 5.74) is 3.15. The summed E-state index contributed by atoms with van der Waals surface area (Å²) in [5, 5.41) is 9.55. The minimum Gasteiger partial charge on any atom is -0.497 e. The molecule has 0 radical (unpaired) electrons. The fourth-order valence-electron chi connectivity index (χ4n) is 2.50. The molecule has 0 bridgehead atoms. The van der Waals surface area contributed by atoms with Crippen molar-refractivity contribution in [2.45, 2.75) is 25.4 Å². The third kappa shape index (κ3) is 4.14. The molecule has 1 aromatic heterocycles. The number of nitrogens with zero attached hydrogens (tertiary/aromatic N) is 3. The van der Waals surface area contributed by atoms with E-state index in [2.05, 4.69) is 41.4 Å². The number of rotatable bonds is 7. The number of aromatic nitrogens is 3. The first-order chi connectivity index (χ1) is 12.6. The monoisotopic (exact) mass is 367 g/mol. The van der Waals surface area contributed by atoms with Crippen molar-refractivity contribution in [1.82, 2.24) is 14.8 Å². The third-order valence-corrected chi connectivity index (χ3v) is 4.89. The predicted molar refractivity (Wildman–Crippen MR) is 104 cm³/mol. The molecule has 0 atom stereocenters.